The molecular weight excluding hydrogens is 488 g/mol. The number of hydrazone groups is 1. The highest BCUT2D eigenvalue weighted by atomic mass is 79.9. The molecule has 3 heterocycles. The Morgan fingerprint density at radius 1 is 1.06 bits per heavy atom. The Hall–Kier alpha value is -3.10. The van der Waals surface area contributed by atoms with Gasteiger partial charge in [-0.05, 0) is 15.9 Å². The molecule has 32 heavy (non-hydrogen) atoms. The first-order valence-corrected chi connectivity index (χ1v) is 10.7. The highest BCUT2D eigenvalue weighted by Crippen LogP contribution is 2.31. The van der Waals surface area contributed by atoms with E-state index in [-0.39, 0.29) is 27.4 Å². The molecule has 14 heteroatoms. The number of phenolic OH excluding ortho intramolecular Hbond substituents is 1. The van der Waals surface area contributed by atoms with Crippen molar-refractivity contribution in [1.29, 1.82) is 0 Å². The van der Waals surface area contributed by atoms with Crippen LogP contribution in [0.5, 0.6) is 5.75 Å². The van der Waals surface area contributed by atoms with Gasteiger partial charge in [0.25, 0.3) is 5.69 Å². The SMILES string of the molecule is O=[N+]([O-])c1cc(Br)c(O)c(C=NNc2nc(N3CCOCC3)nc(N3CCOCC3)n2)c1. The predicted octanol–water partition coefficient (Wildman–Crippen LogP) is 1.37. The smallest absolute Gasteiger partial charge is 0.271 e. The number of nitrogens with zero attached hydrogens (tertiary/aromatic N) is 7. The van der Waals surface area contributed by atoms with Crippen LogP contribution in [0.15, 0.2) is 21.7 Å². The van der Waals surface area contributed by atoms with Crippen molar-refractivity contribution in [1.82, 2.24) is 15.0 Å². The van der Waals surface area contributed by atoms with Gasteiger partial charge in [0.15, 0.2) is 0 Å². The van der Waals surface area contributed by atoms with Crippen LogP contribution in [0.4, 0.5) is 23.5 Å². The number of anilines is 3. The highest BCUT2D eigenvalue weighted by Gasteiger charge is 2.20. The number of hydrogen-bond acceptors (Lipinski definition) is 12. The molecular formula is C18H21BrN8O5. The van der Waals surface area contributed by atoms with E-state index in [1.54, 1.807) is 0 Å². The maximum atomic E-state index is 11.1. The number of phenols is 1. The number of aromatic nitrogens is 3. The average Bonchev–Trinajstić information content (AvgIpc) is 2.82. The van der Waals surface area contributed by atoms with Crippen LogP contribution in [0.2, 0.25) is 0 Å². The lowest BCUT2D eigenvalue weighted by Gasteiger charge is -2.30. The second-order valence-corrected chi connectivity index (χ2v) is 7.80. The molecule has 4 rings (SSSR count). The molecule has 2 aromatic rings. The van der Waals surface area contributed by atoms with Crippen LogP contribution in [0.3, 0.4) is 0 Å². The molecule has 0 amide bonds. The molecule has 2 aliphatic heterocycles. The Kier molecular flexibility index (Phi) is 6.92. The van der Waals surface area contributed by atoms with Crippen molar-refractivity contribution in [3.8, 4) is 5.75 Å². The summed E-state index contributed by atoms with van der Waals surface area (Å²) in [6.45, 7) is 4.97. The molecule has 13 nitrogen and oxygen atoms in total. The van der Waals surface area contributed by atoms with Crippen molar-refractivity contribution < 1.29 is 19.5 Å². The average molecular weight is 509 g/mol. The molecule has 2 aliphatic rings. The summed E-state index contributed by atoms with van der Waals surface area (Å²) in [5, 5.41) is 25.3. The quantitative estimate of drug-likeness (QED) is 0.330. The van der Waals surface area contributed by atoms with Gasteiger partial charge >= 0.3 is 0 Å². The van der Waals surface area contributed by atoms with Crippen LogP contribution in [-0.4, -0.2) is 83.8 Å². The van der Waals surface area contributed by atoms with Crippen molar-refractivity contribution in [3.63, 3.8) is 0 Å². The molecule has 1 aromatic carbocycles. The number of nitrogens with one attached hydrogen (secondary N) is 1. The fourth-order valence-corrected chi connectivity index (χ4v) is 3.65. The van der Waals surface area contributed by atoms with Crippen LogP contribution in [0.25, 0.3) is 0 Å². The van der Waals surface area contributed by atoms with Gasteiger partial charge in [0.2, 0.25) is 17.8 Å². The zero-order valence-corrected chi connectivity index (χ0v) is 18.6. The zero-order valence-electron chi connectivity index (χ0n) is 17.0. The van der Waals surface area contributed by atoms with E-state index in [4.69, 9.17) is 9.47 Å². The molecule has 2 N–H and O–H groups in total. The van der Waals surface area contributed by atoms with E-state index in [1.807, 2.05) is 9.80 Å². The molecule has 0 saturated carbocycles. The Labute approximate surface area is 191 Å². The predicted molar refractivity (Wildman–Crippen MR) is 120 cm³/mol. The van der Waals surface area contributed by atoms with Crippen LogP contribution < -0.4 is 15.2 Å². The summed E-state index contributed by atoms with van der Waals surface area (Å²) < 4.78 is 11.0. The van der Waals surface area contributed by atoms with Gasteiger partial charge < -0.3 is 24.4 Å². The summed E-state index contributed by atoms with van der Waals surface area (Å²) in [7, 11) is 0. The van der Waals surface area contributed by atoms with Crippen molar-refractivity contribution in [2.24, 2.45) is 5.10 Å². The van der Waals surface area contributed by atoms with Gasteiger partial charge in [-0.1, -0.05) is 0 Å². The monoisotopic (exact) mass is 508 g/mol. The van der Waals surface area contributed by atoms with Crippen LogP contribution in [-0.2, 0) is 9.47 Å². The number of ether oxygens (including phenoxy) is 2. The Morgan fingerprint density at radius 3 is 2.16 bits per heavy atom. The van der Waals surface area contributed by atoms with Crippen molar-refractivity contribution >= 4 is 45.7 Å². The Bertz CT molecular complexity index is 975. The minimum atomic E-state index is -0.551. The van der Waals surface area contributed by atoms with Crippen LogP contribution >= 0.6 is 15.9 Å². The van der Waals surface area contributed by atoms with Crippen molar-refractivity contribution in [2.75, 3.05) is 67.8 Å². The van der Waals surface area contributed by atoms with Crippen molar-refractivity contribution in [2.45, 2.75) is 0 Å². The minimum Gasteiger partial charge on any atom is -0.506 e. The number of rotatable bonds is 6. The summed E-state index contributed by atoms with van der Waals surface area (Å²) in [5.74, 6) is 1.05. The summed E-state index contributed by atoms with van der Waals surface area (Å²) >= 11 is 3.11. The standard InChI is InChI=1S/C18H21BrN8O5/c19-14-10-13(27(29)30)9-12(15(14)28)11-20-24-16-21-17(25-1-5-31-6-2-25)23-18(22-16)26-3-7-32-8-4-26/h9-11,28H,1-8H2,(H,21,22,23,24). The molecule has 1 aromatic heterocycles. The van der Waals surface area contributed by atoms with E-state index in [9.17, 15) is 15.2 Å². The molecule has 2 fully saturated rings. The molecule has 0 aliphatic carbocycles. The molecule has 0 bridgehead atoms. The van der Waals surface area contributed by atoms with Gasteiger partial charge in [0, 0.05) is 43.9 Å². The number of benzene rings is 1. The summed E-state index contributed by atoms with van der Waals surface area (Å²) in [4.78, 5) is 28.1. The molecule has 0 radical (unpaired) electrons. The van der Waals surface area contributed by atoms with Gasteiger partial charge in [-0.2, -0.15) is 20.1 Å². The Balaban J connectivity index is 1.59. The fraction of sp³-hybridized carbons (Fsp3) is 0.444. The third kappa shape index (κ3) is 5.20. The number of hydrogen-bond donors (Lipinski definition) is 2. The highest BCUT2D eigenvalue weighted by molar-refractivity contribution is 9.10. The first-order valence-electron chi connectivity index (χ1n) is 9.88. The maximum Gasteiger partial charge on any atom is 0.271 e. The first kappa shape index (κ1) is 22.1. The van der Waals surface area contributed by atoms with Crippen molar-refractivity contribution in [3.05, 3.63) is 32.3 Å². The number of non-ortho nitro benzene ring substituents is 1. The lowest BCUT2D eigenvalue weighted by molar-refractivity contribution is -0.385. The molecule has 170 valence electrons. The number of halogens is 1. The second kappa shape index (κ2) is 10.0. The normalized spacial score (nSPS) is 17.0. The maximum absolute atomic E-state index is 11.1. The zero-order chi connectivity index (χ0) is 22.5. The topological polar surface area (TPSA) is 151 Å². The van der Waals surface area contributed by atoms with E-state index in [0.717, 1.165) is 0 Å². The van der Waals surface area contributed by atoms with Gasteiger partial charge in [0.1, 0.15) is 5.75 Å². The molecule has 2 saturated heterocycles. The summed E-state index contributed by atoms with van der Waals surface area (Å²) in [5.41, 5.74) is 2.72. The lowest BCUT2D eigenvalue weighted by atomic mass is 10.2. The number of morpholine rings is 2. The van der Waals surface area contributed by atoms with E-state index in [1.165, 1.54) is 18.3 Å². The Morgan fingerprint density at radius 2 is 1.62 bits per heavy atom. The largest absolute Gasteiger partial charge is 0.506 e. The summed E-state index contributed by atoms with van der Waals surface area (Å²) in [6, 6.07) is 2.44. The number of nitro benzene ring substituents is 1. The third-order valence-electron chi connectivity index (χ3n) is 4.86. The van der Waals surface area contributed by atoms with Gasteiger partial charge in [-0.15, -0.1) is 0 Å². The fourth-order valence-electron chi connectivity index (χ4n) is 3.18. The third-order valence-corrected chi connectivity index (χ3v) is 5.46. The summed E-state index contributed by atoms with van der Waals surface area (Å²) in [6.07, 6.45) is 1.26. The molecule has 0 spiro atoms. The lowest BCUT2D eigenvalue weighted by Crippen LogP contribution is -2.40. The van der Waals surface area contributed by atoms with E-state index in [0.29, 0.717) is 64.5 Å². The minimum absolute atomic E-state index is 0.162. The molecule has 0 unspecified atom stereocenters. The van der Waals surface area contributed by atoms with Gasteiger partial charge in [-0.25, -0.2) is 5.43 Å². The van der Waals surface area contributed by atoms with Crippen LogP contribution in [0, 0.1) is 10.1 Å². The van der Waals surface area contributed by atoms with E-state index >= 15 is 0 Å². The van der Waals surface area contributed by atoms with E-state index < -0.39 is 4.92 Å². The van der Waals surface area contributed by atoms with Crippen LogP contribution in [0.1, 0.15) is 5.56 Å². The number of aromatic hydroxyl groups is 1. The molecule has 0 atom stereocenters. The second-order valence-electron chi connectivity index (χ2n) is 6.95. The number of nitro groups is 1. The van der Waals surface area contributed by atoms with Gasteiger partial charge in [0.05, 0.1) is 42.0 Å². The first-order chi connectivity index (χ1) is 15.5. The van der Waals surface area contributed by atoms with E-state index in [2.05, 4.69) is 41.4 Å². The van der Waals surface area contributed by atoms with Gasteiger partial charge in [-0.3, -0.25) is 10.1 Å².